The minimum Gasteiger partial charge on any atom is -0.496 e. The Balaban J connectivity index is 0.000000193. The lowest BCUT2D eigenvalue weighted by Gasteiger charge is -2.42. The molecule has 3 heterocycles. The number of methoxy groups -OCH3 is 2. The molecule has 6 nitrogen and oxygen atoms in total. The highest BCUT2D eigenvalue weighted by Crippen LogP contribution is 2.52. The number of ether oxygens (including phenoxy) is 3. The number of alkyl halides is 6. The Hall–Kier alpha value is -3.86. The van der Waals surface area contributed by atoms with E-state index >= 15 is 0 Å². The van der Waals surface area contributed by atoms with E-state index < -0.39 is 59.0 Å². The number of hydrogen-bond acceptors (Lipinski definition) is 8. The number of hydrogen-bond donors (Lipinski definition) is 2. The highest BCUT2D eigenvalue weighted by Gasteiger charge is 2.67. The summed E-state index contributed by atoms with van der Waals surface area (Å²) >= 11 is 3.51. The van der Waals surface area contributed by atoms with Crippen LogP contribution in [0.5, 0.6) is 11.5 Å². The zero-order valence-electron chi connectivity index (χ0n) is 34.2. The average Bonchev–Trinajstić information content (AvgIpc) is 3.98. The number of nitrogens with zero attached hydrogens (tertiary/aromatic N) is 1. The predicted octanol–water partition coefficient (Wildman–Crippen LogP) is 11.4. The van der Waals surface area contributed by atoms with E-state index in [0.717, 1.165) is 11.4 Å². The summed E-state index contributed by atoms with van der Waals surface area (Å²) < 4.78 is 124. The zero-order valence-corrected chi connectivity index (χ0v) is 35.8. The maximum Gasteiger partial charge on any atom is 0.419 e. The van der Waals surface area contributed by atoms with Gasteiger partial charge >= 0.3 is 12.4 Å². The van der Waals surface area contributed by atoms with E-state index in [0.29, 0.717) is 29.3 Å². The Morgan fingerprint density at radius 3 is 1.82 bits per heavy atom. The summed E-state index contributed by atoms with van der Waals surface area (Å²) in [4.78, 5) is 3.85. The predicted molar refractivity (Wildman–Crippen MR) is 222 cm³/mol. The van der Waals surface area contributed by atoms with Crippen molar-refractivity contribution in [2.24, 2.45) is 0 Å². The van der Waals surface area contributed by atoms with Crippen LogP contribution in [0.15, 0.2) is 94.7 Å². The van der Waals surface area contributed by atoms with Crippen molar-refractivity contribution >= 4 is 34.9 Å². The molecule has 7 rings (SSSR count). The second kappa shape index (κ2) is 18.6. The van der Waals surface area contributed by atoms with Crippen LogP contribution in [-0.4, -0.2) is 80.6 Å². The first-order chi connectivity index (χ1) is 28.0. The van der Waals surface area contributed by atoms with Crippen molar-refractivity contribution < 1.29 is 54.4 Å². The third-order valence-electron chi connectivity index (χ3n) is 10.6. The van der Waals surface area contributed by atoms with Gasteiger partial charge in [-0.2, -0.15) is 26.3 Å². The molecule has 4 aromatic carbocycles. The van der Waals surface area contributed by atoms with Gasteiger partial charge in [0, 0.05) is 51.2 Å². The SMILES string of the molecule is COc1ccc(F)cc1C(C)(C)CC(O)(CN1CCSc2ccccc21)C(F)(F)F.COc1ccc(F)cc1C(C)(C)CC1(C(F)(F)F)CO1.c1ccc2c(c1)NCCS2. The van der Waals surface area contributed by atoms with Crippen molar-refractivity contribution in [1.82, 2.24) is 0 Å². The Kier molecular flexibility index (Phi) is 14.7. The van der Waals surface area contributed by atoms with E-state index in [1.807, 2.05) is 23.9 Å². The zero-order chi connectivity index (χ0) is 44.1. The fourth-order valence-corrected chi connectivity index (χ4v) is 9.49. The first-order valence-electron chi connectivity index (χ1n) is 19.2. The molecule has 1 fully saturated rings. The van der Waals surface area contributed by atoms with Gasteiger partial charge in [0.25, 0.3) is 0 Å². The number of para-hydroxylation sites is 2. The van der Waals surface area contributed by atoms with Gasteiger partial charge in [-0.05, 0) is 84.3 Å². The normalized spacial score (nSPS) is 18.6. The summed E-state index contributed by atoms with van der Waals surface area (Å²) in [6.07, 6.45) is -10.2. The van der Waals surface area contributed by atoms with Crippen LogP contribution in [0.2, 0.25) is 0 Å². The number of nitrogens with one attached hydrogen (secondary N) is 1. The molecule has 328 valence electrons. The van der Waals surface area contributed by atoms with Crippen LogP contribution in [0, 0.1) is 11.6 Å². The van der Waals surface area contributed by atoms with Gasteiger partial charge in [-0.1, -0.05) is 52.0 Å². The van der Waals surface area contributed by atoms with Crippen molar-refractivity contribution in [1.29, 1.82) is 0 Å². The fourth-order valence-electron chi connectivity index (χ4n) is 7.54. The topological polar surface area (TPSA) is 66.5 Å². The van der Waals surface area contributed by atoms with Gasteiger partial charge in [-0.25, -0.2) is 8.78 Å². The van der Waals surface area contributed by atoms with E-state index in [-0.39, 0.29) is 24.3 Å². The maximum absolute atomic E-state index is 14.2. The largest absolute Gasteiger partial charge is 0.496 e. The van der Waals surface area contributed by atoms with Crippen molar-refractivity contribution in [3.8, 4) is 11.5 Å². The number of β-amino-alcohol motifs (C(OH)–C–C–N with tert-alkyl or cyclic N) is 1. The number of aliphatic hydroxyl groups is 1. The second-order valence-electron chi connectivity index (χ2n) is 16.1. The van der Waals surface area contributed by atoms with Gasteiger partial charge in [0.2, 0.25) is 0 Å². The van der Waals surface area contributed by atoms with E-state index in [4.69, 9.17) is 9.47 Å². The third-order valence-corrected chi connectivity index (χ3v) is 12.7. The van der Waals surface area contributed by atoms with E-state index in [1.54, 1.807) is 56.5 Å². The number of epoxide rings is 1. The van der Waals surface area contributed by atoms with Crippen molar-refractivity contribution in [2.45, 2.75) is 84.7 Å². The van der Waals surface area contributed by atoms with E-state index in [1.165, 1.54) is 67.0 Å². The minimum absolute atomic E-state index is 0.274. The molecule has 0 bridgehead atoms. The van der Waals surface area contributed by atoms with Gasteiger partial charge in [0.1, 0.15) is 23.1 Å². The van der Waals surface area contributed by atoms with Gasteiger partial charge in [0.15, 0.2) is 11.2 Å². The van der Waals surface area contributed by atoms with E-state index in [9.17, 15) is 40.2 Å². The number of halogens is 8. The second-order valence-corrected chi connectivity index (χ2v) is 18.4. The Morgan fingerprint density at radius 1 is 0.750 bits per heavy atom. The molecule has 3 aliphatic heterocycles. The average molecular weight is 887 g/mol. The molecule has 0 spiro atoms. The summed E-state index contributed by atoms with van der Waals surface area (Å²) in [6.45, 7) is 6.90. The summed E-state index contributed by atoms with van der Waals surface area (Å²) in [5.74, 6) is 1.39. The molecule has 0 radical (unpaired) electrons. The third kappa shape index (κ3) is 11.1. The van der Waals surface area contributed by atoms with Crippen molar-refractivity contribution in [2.75, 3.05) is 62.2 Å². The monoisotopic (exact) mass is 886 g/mol. The number of anilines is 2. The summed E-state index contributed by atoms with van der Waals surface area (Å²) in [7, 11) is 2.78. The van der Waals surface area contributed by atoms with Crippen LogP contribution in [0.3, 0.4) is 0 Å². The molecule has 2 unspecified atom stereocenters. The van der Waals surface area contributed by atoms with Crippen LogP contribution in [0.25, 0.3) is 0 Å². The van der Waals surface area contributed by atoms with Crippen molar-refractivity contribution in [3.05, 3.63) is 108 Å². The number of benzene rings is 4. The Morgan fingerprint density at radius 2 is 1.28 bits per heavy atom. The van der Waals surface area contributed by atoms with Crippen LogP contribution >= 0.6 is 23.5 Å². The molecule has 2 atom stereocenters. The van der Waals surface area contributed by atoms with Crippen LogP contribution < -0.4 is 19.7 Å². The van der Waals surface area contributed by atoms with Crippen LogP contribution in [-0.2, 0) is 15.6 Å². The molecule has 3 aliphatic rings. The lowest BCUT2D eigenvalue weighted by Crippen LogP contribution is -2.57. The number of rotatable bonds is 10. The molecule has 1 saturated heterocycles. The Bertz CT molecular complexity index is 2050. The quantitative estimate of drug-likeness (QED) is 0.121. The lowest BCUT2D eigenvalue weighted by atomic mass is 9.74. The highest BCUT2D eigenvalue weighted by molar-refractivity contribution is 7.99. The molecule has 60 heavy (non-hydrogen) atoms. The first-order valence-corrected chi connectivity index (χ1v) is 21.1. The van der Waals surface area contributed by atoms with Crippen LogP contribution in [0.4, 0.5) is 46.5 Å². The van der Waals surface area contributed by atoms with Gasteiger partial charge < -0.3 is 29.5 Å². The fraction of sp³-hybridized carbons (Fsp3) is 0.455. The summed E-state index contributed by atoms with van der Waals surface area (Å²) in [5.41, 5.74) is -4.60. The lowest BCUT2D eigenvalue weighted by molar-refractivity contribution is -0.262. The molecular formula is C44H50F8N2O4S2. The molecule has 0 aliphatic carbocycles. The van der Waals surface area contributed by atoms with Gasteiger partial charge in [-0.3, -0.25) is 0 Å². The molecule has 4 aromatic rings. The maximum atomic E-state index is 14.2. The molecule has 0 saturated carbocycles. The molecular weight excluding hydrogens is 837 g/mol. The molecule has 16 heteroatoms. The van der Waals surface area contributed by atoms with Crippen molar-refractivity contribution in [3.63, 3.8) is 0 Å². The number of fused-ring (bicyclic) bond motifs is 2. The Labute approximate surface area is 354 Å². The summed E-state index contributed by atoms with van der Waals surface area (Å²) in [6, 6.07) is 23.3. The van der Waals surface area contributed by atoms with Gasteiger partial charge in [-0.15, -0.1) is 23.5 Å². The minimum atomic E-state index is -4.87. The van der Waals surface area contributed by atoms with Crippen LogP contribution in [0.1, 0.15) is 51.7 Å². The summed E-state index contributed by atoms with van der Waals surface area (Å²) in [5, 5.41) is 14.3. The smallest absolute Gasteiger partial charge is 0.419 e. The molecule has 0 aromatic heterocycles. The standard InChI is InChI=1S/C22H25F4NO2S.C14H16F4O2.C8H9NS/c1-20(2,16-12-15(23)8-9-18(16)29-3)13-21(28,22(24,25)26)14-27-10-11-30-19-7-5-4-6-17(19)27;1-12(2,7-13(8-20-13)14(16,17)18)10-6-9(15)4-5-11(10)19-3;1-2-4-8-7(3-1)9-5-6-10-8/h4-9,12,28H,10-11,13-14H2,1-3H3;4-6H,7-8H2,1-3H3;1-4,9H,5-6H2. The number of thioether (sulfide) groups is 2. The molecule has 2 N–H and O–H groups in total. The highest BCUT2D eigenvalue weighted by atomic mass is 32.2. The van der Waals surface area contributed by atoms with Gasteiger partial charge in [0.05, 0.1) is 33.1 Å². The van der Waals surface area contributed by atoms with E-state index in [2.05, 4.69) is 34.3 Å². The molecule has 0 amide bonds. The first kappa shape index (κ1) is 47.2.